The SMILES string of the molecule is C#CCC(N)C(=O)N[C@@H](CCC(=O)O)C(=O)O. The molecule has 0 bridgehead atoms. The monoisotopic (exact) mass is 242 g/mol. The molecule has 0 aromatic heterocycles. The molecule has 0 spiro atoms. The van der Waals surface area contributed by atoms with E-state index in [1.165, 1.54) is 0 Å². The zero-order chi connectivity index (χ0) is 13.4. The molecule has 0 saturated carbocycles. The molecule has 0 aliphatic rings. The number of carboxylic acids is 2. The lowest BCUT2D eigenvalue weighted by molar-refractivity contribution is -0.143. The van der Waals surface area contributed by atoms with E-state index in [0.29, 0.717) is 0 Å². The molecule has 7 heteroatoms. The summed E-state index contributed by atoms with van der Waals surface area (Å²) in [7, 11) is 0. The molecule has 0 aliphatic heterocycles. The van der Waals surface area contributed by atoms with Gasteiger partial charge in [0.05, 0.1) is 6.04 Å². The van der Waals surface area contributed by atoms with Crippen LogP contribution in [0.1, 0.15) is 19.3 Å². The first-order chi connectivity index (χ1) is 7.88. The van der Waals surface area contributed by atoms with Crippen molar-refractivity contribution >= 4 is 17.8 Å². The van der Waals surface area contributed by atoms with Crippen LogP contribution in [-0.2, 0) is 14.4 Å². The van der Waals surface area contributed by atoms with E-state index in [2.05, 4.69) is 11.2 Å². The van der Waals surface area contributed by atoms with Crippen LogP contribution < -0.4 is 11.1 Å². The molecule has 0 heterocycles. The van der Waals surface area contributed by atoms with Crippen molar-refractivity contribution in [3.63, 3.8) is 0 Å². The van der Waals surface area contributed by atoms with Crippen LogP contribution in [0.5, 0.6) is 0 Å². The van der Waals surface area contributed by atoms with Crippen LogP contribution >= 0.6 is 0 Å². The quantitative estimate of drug-likeness (QED) is 0.414. The normalized spacial score (nSPS) is 13.2. The number of amides is 1. The molecule has 0 fully saturated rings. The van der Waals surface area contributed by atoms with Gasteiger partial charge in [-0.1, -0.05) is 0 Å². The summed E-state index contributed by atoms with van der Waals surface area (Å²) in [6, 6.07) is -2.27. The largest absolute Gasteiger partial charge is 0.481 e. The minimum absolute atomic E-state index is 0.0168. The predicted molar refractivity (Wildman–Crippen MR) is 57.9 cm³/mol. The summed E-state index contributed by atoms with van der Waals surface area (Å²) in [5, 5.41) is 19.3. The van der Waals surface area contributed by atoms with Crippen molar-refractivity contribution in [1.29, 1.82) is 0 Å². The van der Waals surface area contributed by atoms with E-state index in [1.807, 2.05) is 0 Å². The maximum atomic E-state index is 11.4. The van der Waals surface area contributed by atoms with Gasteiger partial charge in [0, 0.05) is 12.8 Å². The Bertz CT molecular complexity index is 347. The van der Waals surface area contributed by atoms with E-state index < -0.39 is 29.9 Å². The van der Waals surface area contributed by atoms with Gasteiger partial charge in [-0.05, 0) is 6.42 Å². The summed E-state index contributed by atoms with van der Waals surface area (Å²) < 4.78 is 0. The Kier molecular flexibility index (Phi) is 6.36. The van der Waals surface area contributed by atoms with Gasteiger partial charge in [-0.15, -0.1) is 12.3 Å². The molecule has 1 unspecified atom stereocenters. The molecule has 0 aromatic carbocycles. The summed E-state index contributed by atoms with van der Waals surface area (Å²) in [5.41, 5.74) is 5.37. The smallest absolute Gasteiger partial charge is 0.326 e. The van der Waals surface area contributed by atoms with E-state index >= 15 is 0 Å². The number of nitrogens with two attached hydrogens (primary N) is 1. The first-order valence-corrected chi connectivity index (χ1v) is 4.82. The van der Waals surface area contributed by atoms with E-state index in [0.717, 1.165) is 0 Å². The van der Waals surface area contributed by atoms with E-state index in [4.69, 9.17) is 22.4 Å². The summed E-state index contributed by atoms with van der Waals surface area (Å²) in [5.74, 6) is -0.987. The molecular weight excluding hydrogens is 228 g/mol. The maximum Gasteiger partial charge on any atom is 0.326 e. The summed E-state index contributed by atoms with van der Waals surface area (Å²) >= 11 is 0. The fourth-order valence-electron chi connectivity index (χ4n) is 1.02. The summed E-state index contributed by atoms with van der Waals surface area (Å²) in [6.07, 6.45) is 4.37. The standard InChI is InChI=1S/C10H14N2O5/c1-2-3-6(11)9(15)12-7(10(16)17)4-5-8(13)14/h1,6-7H,3-5,11H2,(H,12,15)(H,13,14)(H,16,17)/t6?,7-/m0/s1. The highest BCUT2D eigenvalue weighted by Gasteiger charge is 2.23. The number of hydrogen-bond acceptors (Lipinski definition) is 4. The molecule has 0 aliphatic carbocycles. The van der Waals surface area contributed by atoms with Crippen LogP contribution in [0.25, 0.3) is 0 Å². The molecule has 5 N–H and O–H groups in total. The van der Waals surface area contributed by atoms with Gasteiger partial charge in [0.2, 0.25) is 5.91 Å². The van der Waals surface area contributed by atoms with Crippen molar-refractivity contribution in [3.05, 3.63) is 0 Å². The lowest BCUT2D eigenvalue weighted by atomic mass is 10.1. The Hall–Kier alpha value is -2.07. The van der Waals surface area contributed by atoms with Gasteiger partial charge in [0.25, 0.3) is 0 Å². The third-order valence-corrected chi connectivity index (χ3v) is 1.94. The van der Waals surface area contributed by atoms with Crippen LogP contribution in [0.3, 0.4) is 0 Å². The Morgan fingerprint density at radius 3 is 2.35 bits per heavy atom. The number of hydrogen-bond donors (Lipinski definition) is 4. The lowest BCUT2D eigenvalue weighted by Gasteiger charge is -2.15. The van der Waals surface area contributed by atoms with Crippen molar-refractivity contribution in [2.24, 2.45) is 5.73 Å². The molecular formula is C10H14N2O5. The molecule has 17 heavy (non-hydrogen) atoms. The van der Waals surface area contributed by atoms with Gasteiger partial charge in [-0.25, -0.2) is 4.79 Å². The van der Waals surface area contributed by atoms with E-state index in [1.54, 1.807) is 0 Å². The average Bonchev–Trinajstić information content (AvgIpc) is 2.23. The molecule has 0 radical (unpaired) electrons. The number of terminal acetylenes is 1. The number of nitrogens with one attached hydrogen (secondary N) is 1. The van der Waals surface area contributed by atoms with E-state index in [-0.39, 0.29) is 19.3 Å². The van der Waals surface area contributed by atoms with Gasteiger partial charge in [0.1, 0.15) is 6.04 Å². The van der Waals surface area contributed by atoms with Crippen LogP contribution in [0, 0.1) is 12.3 Å². The second-order valence-electron chi connectivity index (χ2n) is 3.35. The van der Waals surface area contributed by atoms with Gasteiger partial charge in [-0.3, -0.25) is 9.59 Å². The lowest BCUT2D eigenvalue weighted by Crippen LogP contribution is -2.48. The number of carbonyl (C=O) groups excluding carboxylic acids is 1. The Morgan fingerprint density at radius 1 is 1.35 bits per heavy atom. The van der Waals surface area contributed by atoms with E-state index in [9.17, 15) is 14.4 Å². The van der Waals surface area contributed by atoms with Crippen LogP contribution in [0.15, 0.2) is 0 Å². The van der Waals surface area contributed by atoms with Gasteiger partial charge >= 0.3 is 11.9 Å². The number of carboxylic acid groups (broad SMARTS) is 2. The van der Waals surface area contributed by atoms with Gasteiger partial charge in [-0.2, -0.15) is 0 Å². The highest BCUT2D eigenvalue weighted by molar-refractivity contribution is 5.87. The van der Waals surface area contributed by atoms with Crippen molar-refractivity contribution in [2.75, 3.05) is 0 Å². The number of carbonyl (C=O) groups is 3. The Labute approximate surface area is 98.0 Å². The van der Waals surface area contributed by atoms with Crippen LogP contribution in [0.2, 0.25) is 0 Å². The molecule has 94 valence electrons. The first-order valence-electron chi connectivity index (χ1n) is 4.82. The molecule has 7 nitrogen and oxygen atoms in total. The van der Waals surface area contributed by atoms with Gasteiger partial charge < -0.3 is 21.3 Å². The third-order valence-electron chi connectivity index (χ3n) is 1.94. The predicted octanol–water partition coefficient (Wildman–Crippen LogP) is -1.23. The van der Waals surface area contributed by atoms with Crippen molar-refractivity contribution in [2.45, 2.75) is 31.3 Å². The zero-order valence-electron chi connectivity index (χ0n) is 9.05. The fourth-order valence-corrected chi connectivity index (χ4v) is 1.02. The molecule has 2 atom stereocenters. The first kappa shape index (κ1) is 14.9. The topological polar surface area (TPSA) is 130 Å². The molecule has 1 amide bonds. The van der Waals surface area contributed by atoms with Crippen molar-refractivity contribution in [1.82, 2.24) is 5.32 Å². The number of rotatable bonds is 7. The van der Waals surface area contributed by atoms with Crippen LogP contribution in [-0.4, -0.2) is 40.1 Å². The molecule has 0 saturated heterocycles. The summed E-state index contributed by atoms with van der Waals surface area (Å²) in [4.78, 5) is 32.4. The van der Waals surface area contributed by atoms with Crippen molar-refractivity contribution < 1.29 is 24.6 Å². The second-order valence-corrected chi connectivity index (χ2v) is 3.35. The fraction of sp³-hybridized carbons (Fsp3) is 0.500. The number of aliphatic carboxylic acids is 2. The highest BCUT2D eigenvalue weighted by Crippen LogP contribution is 1.99. The minimum atomic E-state index is -1.31. The highest BCUT2D eigenvalue weighted by atomic mass is 16.4. The zero-order valence-corrected chi connectivity index (χ0v) is 9.05. The molecule has 0 aromatic rings. The summed E-state index contributed by atoms with van der Waals surface area (Å²) in [6.45, 7) is 0. The molecule has 0 rings (SSSR count). The Balaban J connectivity index is 4.35. The second kappa shape index (κ2) is 7.24. The average molecular weight is 242 g/mol. The Morgan fingerprint density at radius 2 is 1.94 bits per heavy atom. The minimum Gasteiger partial charge on any atom is -0.481 e. The van der Waals surface area contributed by atoms with Crippen LogP contribution in [0.4, 0.5) is 0 Å². The maximum absolute atomic E-state index is 11.4. The van der Waals surface area contributed by atoms with Crippen molar-refractivity contribution in [3.8, 4) is 12.3 Å². The third kappa shape index (κ3) is 6.17. The van der Waals surface area contributed by atoms with Gasteiger partial charge in [0.15, 0.2) is 0 Å².